The third-order valence-corrected chi connectivity index (χ3v) is 2.92. The van der Waals surface area contributed by atoms with E-state index in [2.05, 4.69) is 10.5 Å². The number of benzene rings is 2. The van der Waals surface area contributed by atoms with Crippen LogP contribution in [-0.4, -0.2) is 31.3 Å². The predicted molar refractivity (Wildman–Crippen MR) is 83.9 cm³/mol. The molecule has 0 aliphatic heterocycles. The van der Waals surface area contributed by atoms with E-state index >= 15 is 0 Å². The summed E-state index contributed by atoms with van der Waals surface area (Å²) in [4.78, 5) is 13.9. The molecule has 0 radical (unpaired) electrons. The molecule has 2 rings (SSSR count). The van der Waals surface area contributed by atoms with E-state index in [9.17, 15) is 4.79 Å². The average Bonchev–Trinajstić information content (AvgIpc) is 2.49. The van der Waals surface area contributed by atoms with E-state index in [1.165, 1.54) is 6.21 Å². The van der Waals surface area contributed by atoms with Crippen LogP contribution in [0.25, 0.3) is 0 Å². The van der Waals surface area contributed by atoms with Gasteiger partial charge in [-0.15, -0.1) is 0 Å². The zero-order valence-electron chi connectivity index (χ0n) is 11.9. The molecule has 0 aromatic heterocycles. The van der Waals surface area contributed by atoms with Crippen molar-refractivity contribution in [2.75, 3.05) is 19.0 Å². The van der Waals surface area contributed by atoms with Crippen molar-refractivity contribution in [2.45, 2.75) is 0 Å². The molecule has 0 unspecified atom stereocenters. The van der Waals surface area contributed by atoms with Crippen molar-refractivity contribution in [3.05, 3.63) is 59.7 Å². The first-order chi connectivity index (χ1) is 10.1. The number of anilines is 1. The van der Waals surface area contributed by atoms with Gasteiger partial charge < -0.3 is 10.0 Å². The van der Waals surface area contributed by atoms with Gasteiger partial charge in [0.25, 0.3) is 5.91 Å². The van der Waals surface area contributed by atoms with Gasteiger partial charge in [0.15, 0.2) is 0 Å². The lowest BCUT2D eigenvalue weighted by Gasteiger charge is -2.12. The smallest absolute Gasteiger partial charge is 0.271 e. The van der Waals surface area contributed by atoms with Crippen LogP contribution in [0, 0.1) is 0 Å². The van der Waals surface area contributed by atoms with Crippen LogP contribution < -0.4 is 10.3 Å². The first kappa shape index (κ1) is 14.6. The molecule has 5 nitrogen and oxygen atoms in total. The molecule has 1 amide bonds. The van der Waals surface area contributed by atoms with E-state index in [0.717, 1.165) is 11.3 Å². The number of hydrogen-bond donors (Lipinski definition) is 2. The molecule has 21 heavy (non-hydrogen) atoms. The fraction of sp³-hybridized carbons (Fsp3) is 0.125. The third kappa shape index (κ3) is 4.07. The summed E-state index contributed by atoms with van der Waals surface area (Å²) in [5.41, 5.74) is 4.83. The highest BCUT2D eigenvalue weighted by Gasteiger charge is 2.04. The van der Waals surface area contributed by atoms with Crippen molar-refractivity contribution >= 4 is 17.8 Å². The van der Waals surface area contributed by atoms with Crippen LogP contribution in [0.1, 0.15) is 15.9 Å². The minimum absolute atomic E-state index is 0.192. The third-order valence-electron chi connectivity index (χ3n) is 2.92. The molecule has 0 bridgehead atoms. The van der Waals surface area contributed by atoms with Crippen molar-refractivity contribution in [2.24, 2.45) is 5.10 Å². The first-order valence-electron chi connectivity index (χ1n) is 6.46. The number of nitrogens with zero attached hydrogens (tertiary/aromatic N) is 2. The average molecular weight is 283 g/mol. The second-order valence-electron chi connectivity index (χ2n) is 4.73. The number of nitrogens with one attached hydrogen (secondary N) is 1. The maximum atomic E-state index is 11.9. The number of carbonyl (C=O) groups excluding carboxylic acids is 1. The molecule has 108 valence electrons. The molecule has 0 spiro atoms. The van der Waals surface area contributed by atoms with Crippen LogP contribution >= 0.6 is 0 Å². The number of amides is 1. The predicted octanol–water partition coefficient (Wildman–Crippen LogP) is 2.22. The standard InChI is InChI=1S/C16H17N3O2/c1-19(2)14-7-5-13(6-8-14)16(21)18-17-11-12-3-9-15(20)10-4-12/h3-11,20H,1-2H3,(H,18,21). The monoisotopic (exact) mass is 283 g/mol. The van der Waals surface area contributed by atoms with Crippen molar-refractivity contribution in [3.8, 4) is 5.75 Å². The summed E-state index contributed by atoms with van der Waals surface area (Å²) in [5, 5.41) is 13.1. The van der Waals surface area contributed by atoms with Crippen molar-refractivity contribution < 1.29 is 9.90 Å². The summed E-state index contributed by atoms with van der Waals surface area (Å²) in [6.07, 6.45) is 1.52. The molecule has 0 heterocycles. The summed E-state index contributed by atoms with van der Waals surface area (Å²) >= 11 is 0. The van der Waals surface area contributed by atoms with Crippen LogP contribution in [-0.2, 0) is 0 Å². The van der Waals surface area contributed by atoms with E-state index < -0.39 is 0 Å². The summed E-state index contributed by atoms with van der Waals surface area (Å²) < 4.78 is 0. The second kappa shape index (κ2) is 6.56. The summed E-state index contributed by atoms with van der Waals surface area (Å²) in [7, 11) is 3.88. The fourth-order valence-corrected chi connectivity index (χ4v) is 1.70. The van der Waals surface area contributed by atoms with Gasteiger partial charge in [-0.2, -0.15) is 5.10 Å². The van der Waals surface area contributed by atoms with E-state index in [1.54, 1.807) is 36.4 Å². The Balaban J connectivity index is 1.96. The zero-order chi connectivity index (χ0) is 15.2. The van der Waals surface area contributed by atoms with Crippen LogP contribution in [0.5, 0.6) is 5.75 Å². The lowest BCUT2D eigenvalue weighted by molar-refractivity contribution is 0.0955. The molecule has 0 atom stereocenters. The van der Waals surface area contributed by atoms with Gasteiger partial charge in [0.05, 0.1) is 6.21 Å². The highest BCUT2D eigenvalue weighted by atomic mass is 16.3. The van der Waals surface area contributed by atoms with Crippen molar-refractivity contribution in [1.29, 1.82) is 0 Å². The normalized spacial score (nSPS) is 10.6. The Hall–Kier alpha value is -2.82. The summed E-state index contributed by atoms with van der Waals surface area (Å²) in [5.74, 6) is -0.0764. The molecule has 2 aromatic carbocycles. The van der Waals surface area contributed by atoms with Gasteiger partial charge in [-0.25, -0.2) is 5.43 Å². The number of aromatic hydroxyl groups is 1. The van der Waals surface area contributed by atoms with Gasteiger partial charge in [0, 0.05) is 25.3 Å². The van der Waals surface area contributed by atoms with Gasteiger partial charge >= 0.3 is 0 Å². The highest BCUT2D eigenvalue weighted by Crippen LogP contribution is 2.12. The minimum Gasteiger partial charge on any atom is -0.508 e. The number of hydrogen-bond acceptors (Lipinski definition) is 4. The van der Waals surface area contributed by atoms with Gasteiger partial charge in [0.2, 0.25) is 0 Å². The zero-order valence-corrected chi connectivity index (χ0v) is 11.9. The largest absolute Gasteiger partial charge is 0.508 e. The van der Waals surface area contributed by atoms with Crippen molar-refractivity contribution in [3.63, 3.8) is 0 Å². The molecule has 2 aromatic rings. The Labute approximate surface area is 123 Å². The number of rotatable bonds is 4. The van der Waals surface area contributed by atoms with Gasteiger partial charge in [0.1, 0.15) is 5.75 Å². The molecule has 0 aliphatic rings. The molecule has 0 aliphatic carbocycles. The van der Waals surface area contributed by atoms with Crippen LogP contribution in [0.2, 0.25) is 0 Å². The number of phenols is 1. The lowest BCUT2D eigenvalue weighted by atomic mass is 10.2. The SMILES string of the molecule is CN(C)c1ccc(C(=O)NN=Cc2ccc(O)cc2)cc1. The van der Waals surface area contributed by atoms with Crippen LogP contribution in [0.3, 0.4) is 0 Å². The van der Waals surface area contributed by atoms with Gasteiger partial charge in [-0.3, -0.25) is 4.79 Å². The topological polar surface area (TPSA) is 64.9 Å². The maximum absolute atomic E-state index is 11.9. The Morgan fingerprint density at radius 2 is 1.71 bits per heavy atom. The first-order valence-corrected chi connectivity index (χ1v) is 6.46. The molecule has 2 N–H and O–H groups in total. The van der Waals surface area contributed by atoms with Crippen LogP contribution in [0.15, 0.2) is 53.6 Å². The molecule has 5 heteroatoms. The van der Waals surface area contributed by atoms with Gasteiger partial charge in [-0.1, -0.05) is 0 Å². The quantitative estimate of drug-likeness (QED) is 0.668. The number of carbonyl (C=O) groups is 1. The van der Waals surface area contributed by atoms with E-state index in [1.807, 2.05) is 31.1 Å². The minimum atomic E-state index is -0.268. The molecule has 0 fully saturated rings. The summed E-state index contributed by atoms with van der Waals surface area (Å²) in [6.45, 7) is 0. The molecule has 0 saturated heterocycles. The second-order valence-corrected chi connectivity index (χ2v) is 4.73. The van der Waals surface area contributed by atoms with E-state index in [-0.39, 0.29) is 11.7 Å². The number of phenolic OH excluding ortho intramolecular Hbond substituents is 1. The molecular formula is C16H17N3O2. The van der Waals surface area contributed by atoms with Gasteiger partial charge in [-0.05, 0) is 54.1 Å². The Bertz CT molecular complexity index is 632. The Morgan fingerprint density at radius 1 is 1.10 bits per heavy atom. The fourth-order valence-electron chi connectivity index (χ4n) is 1.70. The highest BCUT2D eigenvalue weighted by molar-refractivity contribution is 5.95. The van der Waals surface area contributed by atoms with E-state index in [4.69, 9.17) is 5.11 Å². The molecule has 0 saturated carbocycles. The van der Waals surface area contributed by atoms with Crippen LogP contribution in [0.4, 0.5) is 5.69 Å². The van der Waals surface area contributed by atoms with E-state index in [0.29, 0.717) is 5.56 Å². The maximum Gasteiger partial charge on any atom is 0.271 e. The molecular weight excluding hydrogens is 266 g/mol. The Morgan fingerprint density at radius 3 is 2.29 bits per heavy atom. The van der Waals surface area contributed by atoms with Crippen molar-refractivity contribution in [1.82, 2.24) is 5.43 Å². The summed E-state index contributed by atoms with van der Waals surface area (Å²) in [6, 6.07) is 13.8. The number of hydrazone groups is 1. The lowest BCUT2D eigenvalue weighted by Crippen LogP contribution is -2.17. The Kier molecular flexibility index (Phi) is 4.56.